The van der Waals surface area contributed by atoms with Crippen molar-refractivity contribution in [2.75, 3.05) is 11.1 Å². The molecule has 0 radical (unpaired) electrons. The van der Waals surface area contributed by atoms with Crippen molar-refractivity contribution in [3.05, 3.63) is 53.8 Å². The monoisotopic (exact) mass is 246 g/mol. The molecule has 0 fully saturated rings. The maximum Gasteiger partial charge on any atom is 0.255 e. The largest absolute Gasteiger partial charge is 0.508 e. The molecule has 0 aromatic heterocycles. The summed E-state index contributed by atoms with van der Waals surface area (Å²) < 4.78 is 12.8. The molecular weight excluding hydrogens is 235 g/mol. The van der Waals surface area contributed by atoms with E-state index < -0.39 is 5.82 Å². The molecule has 0 saturated heterocycles. The molecule has 0 aliphatic heterocycles. The highest BCUT2D eigenvalue weighted by Crippen LogP contribution is 2.20. The summed E-state index contributed by atoms with van der Waals surface area (Å²) in [5.41, 5.74) is 6.45. The van der Waals surface area contributed by atoms with Crippen molar-refractivity contribution in [1.82, 2.24) is 0 Å². The van der Waals surface area contributed by atoms with E-state index in [4.69, 9.17) is 10.8 Å². The first-order chi connectivity index (χ1) is 8.56. The van der Waals surface area contributed by atoms with Gasteiger partial charge in [-0.05, 0) is 42.5 Å². The van der Waals surface area contributed by atoms with Gasteiger partial charge in [-0.3, -0.25) is 4.79 Å². The zero-order valence-corrected chi connectivity index (χ0v) is 9.35. The molecular formula is C13H11FN2O2. The highest BCUT2D eigenvalue weighted by Gasteiger charge is 2.08. The summed E-state index contributed by atoms with van der Waals surface area (Å²) in [6, 6.07) is 9.50. The van der Waals surface area contributed by atoms with Crippen LogP contribution in [0.4, 0.5) is 15.8 Å². The van der Waals surface area contributed by atoms with Crippen molar-refractivity contribution in [2.45, 2.75) is 0 Å². The van der Waals surface area contributed by atoms with Crippen molar-refractivity contribution in [1.29, 1.82) is 0 Å². The minimum Gasteiger partial charge on any atom is -0.508 e. The molecule has 92 valence electrons. The maximum atomic E-state index is 12.8. The van der Waals surface area contributed by atoms with E-state index in [0.29, 0.717) is 11.3 Å². The molecule has 0 atom stereocenters. The van der Waals surface area contributed by atoms with Gasteiger partial charge in [0.05, 0.1) is 11.4 Å². The lowest BCUT2D eigenvalue weighted by Gasteiger charge is -2.08. The van der Waals surface area contributed by atoms with Gasteiger partial charge in [-0.25, -0.2) is 4.39 Å². The van der Waals surface area contributed by atoms with Crippen molar-refractivity contribution in [3.63, 3.8) is 0 Å². The van der Waals surface area contributed by atoms with Gasteiger partial charge in [-0.15, -0.1) is 0 Å². The lowest BCUT2D eigenvalue weighted by Crippen LogP contribution is -2.13. The number of hydrogen-bond donors (Lipinski definition) is 3. The summed E-state index contributed by atoms with van der Waals surface area (Å²) >= 11 is 0. The lowest BCUT2D eigenvalue weighted by atomic mass is 10.2. The Morgan fingerprint density at radius 3 is 2.44 bits per heavy atom. The van der Waals surface area contributed by atoms with Gasteiger partial charge in [-0.1, -0.05) is 0 Å². The molecule has 2 aromatic rings. The Bertz CT molecular complexity index is 582. The minimum absolute atomic E-state index is 0.0767. The summed E-state index contributed by atoms with van der Waals surface area (Å²) in [6.45, 7) is 0. The van der Waals surface area contributed by atoms with Gasteiger partial charge in [0.1, 0.15) is 11.6 Å². The SMILES string of the molecule is Nc1cc(F)ccc1NC(=O)c1ccc(O)cc1. The first kappa shape index (κ1) is 11.9. The molecule has 0 saturated carbocycles. The molecule has 5 heteroatoms. The maximum absolute atomic E-state index is 12.8. The van der Waals surface area contributed by atoms with E-state index in [2.05, 4.69) is 5.32 Å². The number of rotatable bonds is 2. The number of aromatic hydroxyl groups is 1. The number of phenols is 1. The van der Waals surface area contributed by atoms with Crippen LogP contribution < -0.4 is 11.1 Å². The second-order valence-corrected chi connectivity index (χ2v) is 3.73. The van der Waals surface area contributed by atoms with Gasteiger partial charge in [0.25, 0.3) is 5.91 Å². The Kier molecular flexibility index (Phi) is 3.14. The molecule has 1 amide bonds. The van der Waals surface area contributed by atoms with E-state index in [1.807, 2.05) is 0 Å². The van der Waals surface area contributed by atoms with Gasteiger partial charge >= 0.3 is 0 Å². The fourth-order valence-corrected chi connectivity index (χ4v) is 1.45. The van der Waals surface area contributed by atoms with Gasteiger partial charge in [0.2, 0.25) is 0 Å². The third-order valence-corrected chi connectivity index (χ3v) is 2.39. The fraction of sp³-hybridized carbons (Fsp3) is 0. The highest BCUT2D eigenvalue weighted by atomic mass is 19.1. The second-order valence-electron chi connectivity index (χ2n) is 3.73. The van der Waals surface area contributed by atoms with Gasteiger partial charge < -0.3 is 16.2 Å². The van der Waals surface area contributed by atoms with Crippen LogP contribution in [0, 0.1) is 5.82 Å². The molecule has 0 unspecified atom stereocenters. The number of nitrogens with one attached hydrogen (secondary N) is 1. The Morgan fingerprint density at radius 2 is 1.83 bits per heavy atom. The molecule has 18 heavy (non-hydrogen) atoms. The van der Waals surface area contributed by atoms with Crippen LogP contribution in [-0.2, 0) is 0 Å². The van der Waals surface area contributed by atoms with Crippen LogP contribution in [0.3, 0.4) is 0 Å². The van der Waals surface area contributed by atoms with Crippen molar-refractivity contribution in [2.24, 2.45) is 0 Å². The lowest BCUT2D eigenvalue weighted by molar-refractivity contribution is 0.102. The Hall–Kier alpha value is -2.56. The number of phenolic OH excluding ortho intramolecular Hbond substituents is 1. The second kappa shape index (κ2) is 4.75. The first-order valence-electron chi connectivity index (χ1n) is 5.21. The molecule has 0 bridgehead atoms. The third kappa shape index (κ3) is 2.57. The fourth-order valence-electron chi connectivity index (χ4n) is 1.45. The quantitative estimate of drug-likeness (QED) is 0.712. The van der Waals surface area contributed by atoms with E-state index in [1.165, 1.54) is 36.4 Å². The molecule has 0 aliphatic rings. The predicted molar refractivity (Wildman–Crippen MR) is 66.9 cm³/mol. The smallest absolute Gasteiger partial charge is 0.255 e. The van der Waals surface area contributed by atoms with E-state index in [-0.39, 0.29) is 17.3 Å². The van der Waals surface area contributed by atoms with Crippen molar-refractivity contribution >= 4 is 17.3 Å². The molecule has 0 aliphatic carbocycles. The Morgan fingerprint density at radius 1 is 1.17 bits per heavy atom. The standard InChI is InChI=1S/C13H11FN2O2/c14-9-3-6-12(11(15)7-9)16-13(18)8-1-4-10(17)5-2-8/h1-7,17H,15H2,(H,16,18). The minimum atomic E-state index is -0.463. The normalized spacial score (nSPS) is 10.1. The summed E-state index contributed by atoms with van der Waals surface area (Å²) in [7, 11) is 0. The number of amides is 1. The number of carbonyl (C=O) groups excluding carboxylic acids is 1. The van der Waals surface area contributed by atoms with Crippen LogP contribution >= 0.6 is 0 Å². The number of nitrogen functional groups attached to an aromatic ring is 1. The van der Waals surface area contributed by atoms with Crippen molar-refractivity contribution in [3.8, 4) is 5.75 Å². The number of anilines is 2. The zero-order valence-electron chi connectivity index (χ0n) is 9.35. The summed E-state index contributed by atoms with van der Waals surface area (Å²) in [5.74, 6) is -0.767. The molecule has 2 rings (SSSR count). The molecule has 4 nitrogen and oxygen atoms in total. The van der Waals surface area contributed by atoms with E-state index in [9.17, 15) is 9.18 Å². The van der Waals surface area contributed by atoms with Crippen LogP contribution in [-0.4, -0.2) is 11.0 Å². The predicted octanol–water partition coefficient (Wildman–Crippen LogP) is 2.37. The molecule has 0 heterocycles. The molecule has 2 aromatic carbocycles. The van der Waals surface area contributed by atoms with Crippen LogP contribution in [0.5, 0.6) is 5.75 Å². The molecule has 4 N–H and O–H groups in total. The third-order valence-electron chi connectivity index (χ3n) is 2.39. The van der Waals surface area contributed by atoms with Crippen LogP contribution in [0.1, 0.15) is 10.4 Å². The van der Waals surface area contributed by atoms with Crippen LogP contribution in [0.2, 0.25) is 0 Å². The van der Waals surface area contributed by atoms with E-state index in [1.54, 1.807) is 0 Å². The topological polar surface area (TPSA) is 75.3 Å². The first-order valence-corrected chi connectivity index (χ1v) is 5.21. The van der Waals surface area contributed by atoms with E-state index in [0.717, 1.165) is 6.07 Å². The summed E-state index contributed by atoms with van der Waals surface area (Å²) in [5, 5.41) is 11.7. The number of nitrogens with two attached hydrogens (primary N) is 1. The van der Waals surface area contributed by atoms with Gasteiger partial charge in [0, 0.05) is 5.56 Å². The van der Waals surface area contributed by atoms with E-state index >= 15 is 0 Å². The average molecular weight is 246 g/mol. The summed E-state index contributed by atoms with van der Waals surface area (Å²) in [6.07, 6.45) is 0. The number of benzene rings is 2. The average Bonchev–Trinajstić information content (AvgIpc) is 2.33. The number of halogens is 1. The molecule has 0 spiro atoms. The number of carbonyl (C=O) groups is 1. The number of hydrogen-bond acceptors (Lipinski definition) is 3. The van der Waals surface area contributed by atoms with Crippen LogP contribution in [0.15, 0.2) is 42.5 Å². The highest BCUT2D eigenvalue weighted by molar-refractivity contribution is 6.05. The van der Waals surface area contributed by atoms with Crippen LogP contribution in [0.25, 0.3) is 0 Å². The van der Waals surface area contributed by atoms with Gasteiger partial charge in [-0.2, -0.15) is 0 Å². The zero-order chi connectivity index (χ0) is 13.1. The van der Waals surface area contributed by atoms with Crippen molar-refractivity contribution < 1.29 is 14.3 Å². The summed E-state index contributed by atoms with van der Waals surface area (Å²) in [4.78, 5) is 11.8. The Balaban J connectivity index is 2.18. The Labute approximate surface area is 103 Å². The van der Waals surface area contributed by atoms with Gasteiger partial charge in [0.15, 0.2) is 0 Å².